The Kier molecular flexibility index (Phi) is 5.00. The number of carbonyl (C=O) groups excluding carboxylic acids is 1. The number of aromatic nitrogens is 7. The lowest BCUT2D eigenvalue weighted by Crippen LogP contribution is -2.13. The Morgan fingerprint density at radius 3 is 2.74 bits per heavy atom. The van der Waals surface area contributed by atoms with Gasteiger partial charge in [-0.05, 0) is 61.7 Å². The molecule has 10 heteroatoms. The number of nitrogens with zero attached hydrogens (tertiary/aromatic N) is 5. The number of imidazole rings is 1. The molecule has 1 amide bonds. The number of H-pyrrole nitrogens is 2. The fraction of sp³-hybridized carbons (Fsp3) is 0.143. The SMILES string of the molecule is Cc1cc(F)cc(-c2nccc3[nH]c(-c4n[nH]c5cnc(-c6cncc(NC(=O)C7CC7)c6)cc45)nc23)c1. The van der Waals surface area contributed by atoms with Crippen molar-refractivity contribution in [3.05, 3.63) is 72.6 Å². The number of aromatic amines is 2. The van der Waals surface area contributed by atoms with Gasteiger partial charge in [0.15, 0.2) is 5.82 Å². The van der Waals surface area contributed by atoms with Crippen molar-refractivity contribution in [2.24, 2.45) is 5.92 Å². The zero-order valence-electron chi connectivity index (χ0n) is 20.3. The number of carbonyl (C=O) groups is 1. The summed E-state index contributed by atoms with van der Waals surface area (Å²) < 4.78 is 14.1. The number of hydrogen-bond acceptors (Lipinski definition) is 6. The second-order valence-corrected chi connectivity index (χ2v) is 9.57. The zero-order chi connectivity index (χ0) is 25.8. The highest BCUT2D eigenvalue weighted by Gasteiger charge is 2.29. The first-order valence-electron chi connectivity index (χ1n) is 12.2. The second kappa shape index (κ2) is 8.55. The topological polar surface area (TPSA) is 125 Å². The molecule has 1 aliphatic rings. The van der Waals surface area contributed by atoms with E-state index < -0.39 is 0 Å². The molecule has 0 atom stereocenters. The summed E-state index contributed by atoms with van der Waals surface area (Å²) in [5, 5.41) is 11.3. The minimum Gasteiger partial charge on any atom is -0.336 e. The summed E-state index contributed by atoms with van der Waals surface area (Å²) in [6.45, 7) is 1.84. The fourth-order valence-corrected chi connectivity index (χ4v) is 4.63. The standard InChI is InChI=1S/C28H21FN8O/c1-14-6-16(8-18(29)7-14)24-26-21(4-5-31-24)34-27(35-26)25-20-10-22(32-13-23(20)36-37-25)17-9-19(12-30-11-17)33-28(38)15-2-3-15/h4-13,15H,2-3H2,1H3,(H,33,38)(H,34,35)(H,36,37). The highest BCUT2D eigenvalue weighted by atomic mass is 19.1. The lowest BCUT2D eigenvalue weighted by Gasteiger charge is -2.06. The first-order chi connectivity index (χ1) is 18.5. The van der Waals surface area contributed by atoms with Crippen molar-refractivity contribution in [3.8, 4) is 34.0 Å². The number of hydrogen-bond donors (Lipinski definition) is 3. The van der Waals surface area contributed by atoms with Gasteiger partial charge in [-0.15, -0.1) is 0 Å². The maximum atomic E-state index is 14.1. The molecule has 0 bridgehead atoms. The number of nitrogens with one attached hydrogen (secondary N) is 3. The molecule has 9 nitrogen and oxygen atoms in total. The van der Waals surface area contributed by atoms with Gasteiger partial charge in [-0.25, -0.2) is 9.37 Å². The first kappa shape index (κ1) is 22.2. The Morgan fingerprint density at radius 2 is 1.89 bits per heavy atom. The molecule has 186 valence electrons. The molecule has 0 aliphatic heterocycles. The summed E-state index contributed by atoms with van der Waals surface area (Å²) in [7, 11) is 0. The smallest absolute Gasteiger partial charge is 0.227 e. The zero-order valence-corrected chi connectivity index (χ0v) is 20.3. The normalized spacial score (nSPS) is 13.3. The average Bonchev–Trinajstić information content (AvgIpc) is 3.54. The second-order valence-electron chi connectivity index (χ2n) is 9.57. The molecule has 3 N–H and O–H groups in total. The molecule has 5 aromatic heterocycles. The van der Waals surface area contributed by atoms with Crippen molar-refractivity contribution in [2.75, 3.05) is 5.32 Å². The van der Waals surface area contributed by atoms with Crippen LogP contribution in [-0.2, 0) is 4.79 Å². The number of anilines is 1. The van der Waals surface area contributed by atoms with Crippen LogP contribution in [0.5, 0.6) is 0 Å². The van der Waals surface area contributed by atoms with E-state index >= 15 is 0 Å². The van der Waals surface area contributed by atoms with Crippen molar-refractivity contribution in [1.82, 2.24) is 35.1 Å². The molecule has 0 radical (unpaired) electrons. The van der Waals surface area contributed by atoms with Gasteiger partial charge in [-0.1, -0.05) is 0 Å². The third-order valence-corrected chi connectivity index (χ3v) is 6.64. The number of amides is 1. The highest BCUT2D eigenvalue weighted by Crippen LogP contribution is 2.33. The van der Waals surface area contributed by atoms with E-state index in [-0.39, 0.29) is 17.6 Å². The van der Waals surface area contributed by atoms with Crippen molar-refractivity contribution in [1.29, 1.82) is 0 Å². The number of benzene rings is 1. The first-order valence-corrected chi connectivity index (χ1v) is 12.2. The molecule has 1 aromatic carbocycles. The molecule has 0 unspecified atom stereocenters. The molecule has 0 saturated heterocycles. The number of fused-ring (bicyclic) bond motifs is 2. The molecular formula is C28H21FN8O. The predicted molar refractivity (Wildman–Crippen MR) is 141 cm³/mol. The maximum absolute atomic E-state index is 14.1. The third kappa shape index (κ3) is 3.96. The molecule has 5 heterocycles. The average molecular weight is 505 g/mol. The van der Waals surface area contributed by atoms with E-state index in [1.54, 1.807) is 24.8 Å². The van der Waals surface area contributed by atoms with E-state index in [4.69, 9.17) is 4.98 Å². The van der Waals surface area contributed by atoms with Crippen molar-refractivity contribution in [2.45, 2.75) is 19.8 Å². The molecule has 6 aromatic rings. The highest BCUT2D eigenvalue weighted by molar-refractivity contribution is 5.97. The van der Waals surface area contributed by atoms with E-state index in [1.807, 2.05) is 31.2 Å². The minimum absolute atomic E-state index is 0.0247. The Hall–Kier alpha value is -4.99. The van der Waals surface area contributed by atoms with Gasteiger partial charge in [0.25, 0.3) is 0 Å². The van der Waals surface area contributed by atoms with Crippen LogP contribution in [0.25, 0.3) is 56.0 Å². The van der Waals surface area contributed by atoms with Crippen molar-refractivity contribution < 1.29 is 9.18 Å². The number of pyridine rings is 3. The van der Waals surface area contributed by atoms with Gasteiger partial charge in [-0.3, -0.25) is 24.8 Å². The molecular weight excluding hydrogens is 483 g/mol. The van der Waals surface area contributed by atoms with Crippen LogP contribution in [0, 0.1) is 18.7 Å². The van der Waals surface area contributed by atoms with Crippen LogP contribution >= 0.6 is 0 Å². The summed E-state index contributed by atoms with van der Waals surface area (Å²) in [5.74, 6) is 0.357. The Balaban J connectivity index is 1.29. The van der Waals surface area contributed by atoms with Gasteiger partial charge in [-0.2, -0.15) is 5.10 Å². The van der Waals surface area contributed by atoms with E-state index in [2.05, 4.69) is 35.5 Å². The predicted octanol–water partition coefficient (Wildman–Crippen LogP) is 5.42. The maximum Gasteiger partial charge on any atom is 0.227 e. The third-order valence-electron chi connectivity index (χ3n) is 6.64. The van der Waals surface area contributed by atoms with Crippen LogP contribution in [0.3, 0.4) is 0 Å². The Bertz CT molecular complexity index is 1850. The summed E-state index contributed by atoms with van der Waals surface area (Å²) in [5.41, 5.74) is 6.89. The van der Waals surface area contributed by atoms with Gasteiger partial charge in [0, 0.05) is 34.8 Å². The van der Waals surface area contributed by atoms with Crippen molar-refractivity contribution >= 4 is 33.5 Å². The summed E-state index contributed by atoms with van der Waals surface area (Å²) in [6, 6.07) is 10.4. The fourth-order valence-electron chi connectivity index (χ4n) is 4.63. The van der Waals surface area contributed by atoms with Crippen molar-refractivity contribution in [3.63, 3.8) is 0 Å². The van der Waals surface area contributed by atoms with Crippen LogP contribution in [-0.4, -0.2) is 41.0 Å². The summed E-state index contributed by atoms with van der Waals surface area (Å²) >= 11 is 0. The summed E-state index contributed by atoms with van der Waals surface area (Å²) in [6.07, 6.45) is 8.59. The van der Waals surface area contributed by atoms with E-state index in [1.165, 1.54) is 12.1 Å². The van der Waals surface area contributed by atoms with Crippen LogP contribution in [0.1, 0.15) is 18.4 Å². The molecule has 1 fully saturated rings. The van der Waals surface area contributed by atoms with Gasteiger partial charge in [0.2, 0.25) is 5.91 Å². The largest absolute Gasteiger partial charge is 0.336 e. The lowest BCUT2D eigenvalue weighted by atomic mass is 10.1. The molecule has 7 rings (SSSR count). The molecule has 1 aliphatic carbocycles. The molecule has 0 spiro atoms. The van der Waals surface area contributed by atoms with Crippen LogP contribution < -0.4 is 5.32 Å². The number of halogens is 1. The van der Waals surface area contributed by atoms with Gasteiger partial charge >= 0.3 is 0 Å². The van der Waals surface area contributed by atoms with Crippen LogP contribution in [0.15, 0.2) is 61.2 Å². The van der Waals surface area contributed by atoms with Crippen LogP contribution in [0.2, 0.25) is 0 Å². The van der Waals surface area contributed by atoms with Crippen LogP contribution in [0.4, 0.5) is 10.1 Å². The monoisotopic (exact) mass is 504 g/mol. The Labute approximate surface area is 215 Å². The minimum atomic E-state index is -0.321. The quantitative estimate of drug-likeness (QED) is 0.288. The van der Waals surface area contributed by atoms with Gasteiger partial charge in [0.1, 0.15) is 17.0 Å². The number of rotatable bonds is 5. The Morgan fingerprint density at radius 1 is 1.00 bits per heavy atom. The number of aryl methyl sites for hydroxylation is 1. The summed E-state index contributed by atoms with van der Waals surface area (Å²) in [4.78, 5) is 33.7. The van der Waals surface area contributed by atoms with Gasteiger partial charge < -0.3 is 10.3 Å². The molecule has 38 heavy (non-hydrogen) atoms. The van der Waals surface area contributed by atoms with E-state index in [0.29, 0.717) is 39.7 Å². The lowest BCUT2D eigenvalue weighted by molar-refractivity contribution is -0.117. The molecule has 1 saturated carbocycles. The van der Waals surface area contributed by atoms with E-state index in [9.17, 15) is 9.18 Å². The van der Waals surface area contributed by atoms with E-state index in [0.717, 1.165) is 40.4 Å². The van der Waals surface area contributed by atoms with Gasteiger partial charge in [0.05, 0.1) is 40.5 Å².